The molecule has 1 saturated carbocycles. The molecule has 0 atom stereocenters. The molecule has 0 N–H and O–H groups in total. The van der Waals surface area contributed by atoms with Crippen LogP contribution in [0.3, 0.4) is 0 Å². The highest BCUT2D eigenvalue weighted by molar-refractivity contribution is 5.88. The van der Waals surface area contributed by atoms with Crippen molar-refractivity contribution in [3.8, 4) is 17.7 Å². The average Bonchev–Trinajstić information content (AvgIpc) is 3.13. The van der Waals surface area contributed by atoms with Crippen LogP contribution < -0.4 is 9.47 Å². The van der Waals surface area contributed by atoms with Crippen LogP contribution in [0, 0.1) is 11.3 Å². The number of hydrogen-bond acceptors (Lipinski definition) is 5. The van der Waals surface area contributed by atoms with Gasteiger partial charge in [0.2, 0.25) is 0 Å². The van der Waals surface area contributed by atoms with Crippen LogP contribution in [0.1, 0.15) is 36.9 Å². The standard InChI is InChI=1S/C19H19N3O2/c1-23-18-7-6-17(22-19(18)24-16-4-2-3-5-16)15(13-20)12-14-8-10-21-11-9-14/h6-12,16H,2-5H2,1H3. The van der Waals surface area contributed by atoms with Crippen molar-refractivity contribution in [3.05, 3.63) is 47.9 Å². The lowest BCUT2D eigenvalue weighted by Crippen LogP contribution is -2.13. The van der Waals surface area contributed by atoms with Crippen LogP contribution in [-0.4, -0.2) is 23.2 Å². The molecule has 122 valence electrons. The number of methoxy groups -OCH3 is 1. The van der Waals surface area contributed by atoms with Gasteiger partial charge in [-0.15, -0.1) is 0 Å². The molecule has 2 heterocycles. The Kier molecular flexibility index (Phi) is 5.07. The van der Waals surface area contributed by atoms with Gasteiger partial charge in [0.05, 0.1) is 18.4 Å². The molecule has 0 spiro atoms. The summed E-state index contributed by atoms with van der Waals surface area (Å²) in [6, 6.07) is 9.47. The van der Waals surface area contributed by atoms with E-state index in [4.69, 9.17) is 9.47 Å². The van der Waals surface area contributed by atoms with Gasteiger partial charge in [-0.1, -0.05) is 0 Å². The van der Waals surface area contributed by atoms with E-state index < -0.39 is 0 Å². The van der Waals surface area contributed by atoms with Crippen molar-refractivity contribution in [3.63, 3.8) is 0 Å². The topological polar surface area (TPSA) is 68.0 Å². The lowest BCUT2D eigenvalue weighted by atomic mass is 10.1. The molecular formula is C19H19N3O2. The van der Waals surface area contributed by atoms with Crippen LogP contribution in [0.2, 0.25) is 0 Å². The largest absolute Gasteiger partial charge is 0.491 e. The number of hydrogen-bond donors (Lipinski definition) is 0. The van der Waals surface area contributed by atoms with E-state index in [0.717, 1.165) is 18.4 Å². The third-order valence-corrected chi connectivity index (χ3v) is 4.04. The number of pyridine rings is 2. The van der Waals surface area contributed by atoms with Gasteiger partial charge >= 0.3 is 0 Å². The van der Waals surface area contributed by atoms with Gasteiger partial charge in [0.25, 0.3) is 5.88 Å². The lowest BCUT2D eigenvalue weighted by Gasteiger charge is -2.15. The quantitative estimate of drug-likeness (QED) is 0.782. The molecule has 0 aliphatic heterocycles. The summed E-state index contributed by atoms with van der Waals surface area (Å²) < 4.78 is 11.3. The van der Waals surface area contributed by atoms with Crippen molar-refractivity contribution in [2.24, 2.45) is 0 Å². The predicted molar refractivity (Wildman–Crippen MR) is 91.4 cm³/mol. The molecule has 0 saturated heterocycles. The van der Waals surface area contributed by atoms with Crippen LogP contribution in [0.5, 0.6) is 11.6 Å². The van der Waals surface area contributed by atoms with E-state index in [0.29, 0.717) is 22.9 Å². The number of aromatic nitrogens is 2. The van der Waals surface area contributed by atoms with E-state index in [1.807, 2.05) is 12.1 Å². The van der Waals surface area contributed by atoms with E-state index in [2.05, 4.69) is 16.0 Å². The fraction of sp³-hybridized carbons (Fsp3) is 0.316. The molecule has 1 aliphatic rings. The Bertz CT molecular complexity index is 760. The molecule has 0 amide bonds. The lowest BCUT2D eigenvalue weighted by molar-refractivity contribution is 0.191. The summed E-state index contributed by atoms with van der Waals surface area (Å²) in [6.45, 7) is 0. The number of allylic oxidation sites excluding steroid dienone is 1. The van der Waals surface area contributed by atoms with Gasteiger partial charge in [0, 0.05) is 12.4 Å². The maximum absolute atomic E-state index is 9.50. The van der Waals surface area contributed by atoms with Crippen molar-refractivity contribution < 1.29 is 9.47 Å². The van der Waals surface area contributed by atoms with Gasteiger partial charge in [-0.3, -0.25) is 4.98 Å². The third-order valence-electron chi connectivity index (χ3n) is 4.04. The van der Waals surface area contributed by atoms with E-state index in [1.54, 1.807) is 37.7 Å². The summed E-state index contributed by atoms with van der Waals surface area (Å²) in [5.74, 6) is 1.05. The van der Waals surface area contributed by atoms with Crippen LogP contribution in [0.15, 0.2) is 36.7 Å². The summed E-state index contributed by atoms with van der Waals surface area (Å²) in [5, 5.41) is 9.50. The summed E-state index contributed by atoms with van der Waals surface area (Å²) in [4.78, 5) is 8.50. The van der Waals surface area contributed by atoms with E-state index >= 15 is 0 Å². The van der Waals surface area contributed by atoms with Gasteiger partial charge in [0.1, 0.15) is 12.2 Å². The predicted octanol–water partition coefficient (Wildman–Crippen LogP) is 3.87. The Morgan fingerprint density at radius 3 is 2.62 bits per heavy atom. The van der Waals surface area contributed by atoms with Crippen molar-refractivity contribution in [1.29, 1.82) is 5.26 Å². The minimum atomic E-state index is 0.177. The maximum atomic E-state index is 9.50. The summed E-state index contributed by atoms with van der Waals surface area (Å²) in [5.41, 5.74) is 1.95. The fourth-order valence-corrected chi connectivity index (χ4v) is 2.77. The summed E-state index contributed by atoms with van der Waals surface area (Å²) in [7, 11) is 1.59. The number of nitriles is 1. The van der Waals surface area contributed by atoms with Crippen LogP contribution in [0.4, 0.5) is 0 Å². The number of rotatable bonds is 5. The van der Waals surface area contributed by atoms with Crippen LogP contribution in [0.25, 0.3) is 11.6 Å². The zero-order valence-corrected chi connectivity index (χ0v) is 13.6. The van der Waals surface area contributed by atoms with Gasteiger partial charge in [-0.25, -0.2) is 4.98 Å². The van der Waals surface area contributed by atoms with Crippen molar-refractivity contribution >= 4 is 11.6 Å². The highest BCUT2D eigenvalue weighted by atomic mass is 16.5. The van der Waals surface area contributed by atoms with E-state index in [9.17, 15) is 5.26 Å². The number of nitrogens with zero attached hydrogens (tertiary/aromatic N) is 3. The Morgan fingerprint density at radius 1 is 1.21 bits per heavy atom. The first-order valence-electron chi connectivity index (χ1n) is 8.04. The first-order valence-corrected chi connectivity index (χ1v) is 8.04. The Labute approximate surface area is 141 Å². The molecule has 0 aromatic carbocycles. The van der Waals surface area contributed by atoms with Gasteiger partial charge in [-0.05, 0) is 61.6 Å². The molecule has 2 aromatic heterocycles. The third kappa shape index (κ3) is 3.72. The molecule has 1 fully saturated rings. The van der Waals surface area contributed by atoms with Crippen molar-refractivity contribution in [1.82, 2.24) is 9.97 Å². The zero-order chi connectivity index (χ0) is 16.8. The molecule has 5 nitrogen and oxygen atoms in total. The highest BCUT2D eigenvalue weighted by Gasteiger charge is 2.20. The first kappa shape index (κ1) is 16.0. The smallest absolute Gasteiger partial charge is 0.257 e. The molecular weight excluding hydrogens is 302 g/mol. The zero-order valence-electron chi connectivity index (χ0n) is 13.6. The van der Waals surface area contributed by atoms with Crippen molar-refractivity contribution in [2.45, 2.75) is 31.8 Å². The molecule has 1 aliphatic carbocycles. The van der Waals surface area contributed by atoms with Gasteiger partial charge in [0.15, 0.2) is 5.75 Å². The maximum Gasteiger partial charge on any atom is 0.257 e. The fourth-order valence-electron chi connectivity index (χ4n) is 2.77. The molecule has 5 heteroatoms. The molecule has 0 unspecified atom stereocenters. The van der Waals surface area contributed by atoms with E-state index in [1.165, 1.54) is 12.8 Å². The Morgan fingerprint density at radius 2 is 1.96 bits per heavy atom. The summed E-state index contributed by atoms with van der Waals surface area (Å²) in [6.07, 6.45) is 9.77. The second-order valence-electron chi connectivity index (χ2n) is 5.68. The molecule has 24 heavy (non-hydrogen) atoms. The normalized spacial score (nSPS) is 15.1. The van der Waals surface area contributed by atoms with Gasteiger partial charge in [-0.2, -0.15) is 5.26 Å². The Hall–Kier alpha value is -2.87. The highest BCUT2D eigenvalue weighted by Crippen LogP contribution is 2.31. The van der Waals surface area contributed by atoms with Crippen LogP contribution >= 0.6 is 0 Å². The van der Waals surface area contributed by atoms with Crippen molar-refractivity contribution in [2.75, 3.05) is 7.11 Å². The van der Waals surface area contributed by atoms with E-state index in [-0.39, 0.29) is 6.10 Å². The SMILES string of the molecule is COc1ccc(C(C#N)=Cc2ccncc2)nc1OC1CCCC1. The minimum absolute atomic E-state index is 0.177. The second-order valence-corrected chi connectivity index (χ2v) is 5.68. The minimum Gasteiger partial charge on any atom is -0.491 e. The Balaban J connectivity index is 1.92. The average molecular weight is 321 g/mol. The molecule has 0 radical (unpaired) electrons. The van der Waals surface area contributed by atoms with Crippen LogP contribution in [-0.2, 0) is 0 Å². The molecule has 0 bridgehead atoms. The summed E-state index contributed by atoms with van der Waals surface area (Å²) >= 11 is 0. The monoisotopic (exact) mass is 321 g/mol. The number of ether oxygens (including phenoxy) is 2. The second kappa shape index (κ2) is 7.60. The van der Waals surface area contributed by atoms with Gasteiger partial charge < -0.3 is 9.47 Å². The molecule has 3 rings (SSSR count). The first-order chi connectivity index (χ1) is 11.8. The molecule has 2 aromatic rings.